The molecular formula is C14H17N. The van der Waals surface area contributed by atoms with Crippen LogP contribution in [0.25, 0.3) is 0 Å². The van der Waals surface area contributed by atoms with E-state index in [1.54, 1.807) is 5.57 Å². The topological polar surface area (TPSA) is 23.8 Å². The molecule has 78 valence electrons. The lowest BCUT2D eigenvalue weighted by Gasteiger charge is -2.39. The van der Waals surface area contributed by atoms with E-state index < -0.39 is 0 Å². The minimum Gasteiger partial charge on any atom is -0.198 e. The summed E-state index contributed by atoms with van der Waals surface area (Å²) in [5.41, 5.74) is 1.68. The van der Waals surface area contributed by atoms with Crippen LogP contribution in [-0.4, -0.2) is 0 Å². The molecule has 0 spiro atoms. The molecule has 0 aliphatic heterocycles. The van der Waals surface area contributed by atoms with Gasteiger partial charge in [-0.15, -0.1) is 0 Å². The summed E-state index contributed by atoms with van der Waals surface area (Å²) < 4.78 is 0. The molecule has 0 aromatic rings. The number of fused-ring (bicyclic) bond motifs is 8. The van der Waals surface area contributed by atoms with Crippen LogP contribution < -0.4 is 0 Å². The summed E-state index contributed by atoms with van der Waals surface area (Å²) in [4.78, 5) is 0. The Labute approximate surface area is 91.2 Å². The third-order valence-corrected chi connectivity index (χ3v) is 5.82. The minimum atomic E-state index is 0.320. The zero-order chi connectivity index (χ0) is 10.2. The molecule has 15 heavy (non-hydrogen) atoms. The van der Waals surface area contributed by atoms with E-state index in [1.807, 2.05) is 0 Å². The van der Waals surface area contributed by atoms with Gasteiger partial charge in [0, 0.05) is 0 Å². The van der Waals surface area contributed by atoms with Crippen LogP contribution in [0.2, 0.25) is 0 Å². The summed E-state index contributed by atoms with van der Waals surface area (Å²) in [5.74, 6) is 5.30. The van der Waals surface area contributed by atoms with E-state index in [2.05, 4.69) is 19.1 Å². The van der Waals surface area contributed by atoms with Crippen LogP contribution in [0.5, 0.6) is 0 Å². The number of hydrogen-bond donors (Lipinski definition) is 0. The summed E-state index contributed by atoms with van der Waals surface area (Å²) in [5, 5.41) is 9.27. The third kappa shape index (κ3) is 0.781. The molecule has 4 aliphatic rings. The molecule has 2 fully saturated rings. The number of nitrogens with zero attached hydrogens (tertiary/aromatic N) is 1. The Bertz CT molecular complexity index is 389. The van der Waals surface area contributed by atoms with Gasteiger partial charge in [0.25, 0.3) is 0 Å². The normalized spacial score (nSPS) is 59.2. The Balaban J connectivity index is 1.77. The lowest BCUT2D eigenvalue weighted by molar-refractivity contribution is 0.143. The predicted molar refractivity (Wildman–Crippen MR) is 57.7 cm³/mol. The van der Waals surface area contributed by atoms with E-state index in [9.17, 15) is 5.26 Å². The zero-order valence-electron chi connectivity index (χ0n) is 9.19. The fourth-order valence-electron chi connectivity index (χ4n) is 5.37. The maximum atomic E-state index is 9.27. The highest BCUT2D eigenvalue weighted by Crippen LogP contribution is 2.67. The highest BCUT2D eigenvalue weighted by Gasteiger charge is 2.60. The van der Waals surface area contributed by atoms with Gasteiger partial charge in [-0.05, 0) is 54.8 Å². The molecule has 0 N–H and O–H groups in total. The maximum absolute atomic E-state index is 9.27. The summed E-state index contributed by atoms with van der Waals surface area (Å²) in [6.07, 6.45) is 6.90. The summed E-state index contributed by atoms with van der Waals surface area (Å²) in [6, 6.07) is 2.57. The van der Waals surface area contributed by atoms with Crippen LogP contribution in [0.3, 0.4) is 0 Å². The van der Waals surface area contributed by atoms with Crippen LogP contribution in [0.4, 0.5) is 0 Å². The minimum absolute atomic E-state index is 0.320. The summed E-state index contributed by atoms with van der Waals surface area (Å²) in [6.45, 7) is 2.28. The van der Waals surface area contributed by atoms with E-state index in [4.69, 9.17) is 0 Å². The van der Waals surface area contributed by atoms with Crippen LogP contribution >= 0.6 is 0 Å². The first-order chi connectivity index (χ1) is 7.31. The van der Waals surface area contributed by atoms with Gasteiger partial charge in [-0.25, -0.2) is 0 Å². The fourth-order valence-corrected chi connectivity index (χ4v) is 5.37. The van der Waals surface area contributed by atoms with Gasteiger partial charge in [0.15, 0.2) is 0 Å². The van der Waals surface area contributed by atoms with Crippen molar-refractivity contribution < 1.29 is 0 Å². The quantitative estimate of drug-likeness (QED) is 0.550. The summed E-state index contributed by atoms with van der Waals surface area (Å²) >= 11 is 0. The van der Waals surface area contributed by atoms with Crippen LogP contribution in [0.15, 0.2) is 11.6 Å². The molecule has 7 atom stereocenters. The molecule has 0 saturated heterocycles. The highest BCUT2D eigenvalue weighted by molar-refractivity contribution is 5.35. The second-order valence-electron chi connectivity index (χ2n) is 6.12. The first-order valence-corrected chi connectivity index (χ1v) is 6.42. The van der Waals surface area contributed by atoms with Crippen molar-refractivity contribution >= 4 is 0 Å². The van der Waals surface area contributed by atoms with Crippen molar-refractivity contribution in [2.75, 3.05) is 0 Å². The second-order valence-corrected chi connectivity index (χ2v) is 6.12. The molecule has 0 heterocycles. The molecule has 4 bridgehead atoms. The SMILES string of the molecule is CC1C2=CC(C1C#N)C1C3CCC(C3)C21. The number of allylic oxidation sites excluding steroid dienone is 2. The second kappa shape index (κ2) is 2.48. The van der Waals surface area contributed by atoms with Crippen LogP contribution in [-0.2, 0) is 0 Å². The van der Waals surface area contributed by atoms with Gasteiger partial charge in [-0.3, -0.25) is 0 Å². The average molecular weight is 199 g/mol. The van der Waals surface area contributed by atoms with Crippen molar-refractivity contribution in [3.05, 3.63) is 11.6 Å². The standard InChI is InChI=1S/C14H17N/c1-7-10-5-11(12(7)6-15)14-9-3-2-8(4-9)13(10)14/h5,7-9,11-14H,2-4H2,1H3. The molecule has 4 rings (SSSR count). The van der Waals surface area contributed by atoms with Gasteiger partial charge in [-0.2, -0.15) is 5.26 Å². The number of rotatable bonds is 0. The Morgan fingerprint density at radius 3 is 2.93 bits per heavy atom. The molecule has 1 heteroatoms. The molecule has 0 aromatic heterocycles. The number of nitriles is 1. The smallest absolute Gasteiger partial charge is 0.0668 e. The first kappa shape index (κ1) is 8.39. The Kier molecular flexibility index (Phi) is 1.39. The van der Waals surface area contributed by atoms with E-state index >= 15 is 0 Å². The molecule has 1 nitrogen and oxygen atoms in total. The molecule has 0 aromatic carbocycles. The third-order valence-electron chi connectivity index (χ3n) is 5.82. The van der Waals surface area contributed by atoms with E-state index in [1.165, 1.54) is 19.3 Å². The highest BCUT2D eigenvalue weighted by atomic mass is 14.6. The predicted octanol–water partition coefficient (Wildman–Crippen LogP) is 2.99. The van der Waals surface area contributed by atoms with Crippen molar-refractivity contribution in [3.63, 3.8) is 0 Å². The van der Waals surface area contributed by atoms with Crippen molar-refractivity contribution in [2.45, 2.75) is 26.2 Å². The van der Waals surface area contributed by atoms with E-state index in [0.29, 0.717) is 17.8 Å². The monoisotopic (exact) mass is 199 g/mol. The van der Waals surface area contributed by atoms with Crippen molar-refractivity contribution in [3.8, 4) is 6.07 Å². The van der Waals surface area contributed by atoms with Gasteiger partial charge in [0.05, 0.1) is 12.0 Å². The lowest BCUT2D eigenvalue weighted by atomic mass is 9.63. The molecule has 7 unspecified atom stereocenters. The van der Waals surface area contributed by atoms with Gasteiger partial charge < -0.3 is 0 Å². The molecule has 4 aliphatic carbocycles. The molecule has 0 amide bonds. The van der Waals surface area contributed by atoms with Gasteiger partial charge in [0.1, 0.15) is 0 Å². The molecular weight excluding hydrogens is 182 g/mol. The molecule has 2 saturated carbocycles. The van der Waals surface area contributed by atoms with Gasteiger partial charge in [0.2, 0.25) is 0 Å². The van der Waals surface area contributed by atoms with Crippen LogP contribution in [0, 0.1) is 52.8 Å². The van der Waals surface area contributed by atoms with E-state index in [0.717, 1.165) is 23.7 Å². The van der Waals surface area contributed by atoms with Crippen molar-refractivity contribution in [1.29, 1.82) is 5.26 Å². The Hall–Kier alpha value is -0.770. The largest absolute Gasteiger partial charge is 0.198 e. The molecule has 0 radical (unpaired) electrons. The Morgan fingerprint density at radius 2 is 2.13 bits per heavy atom. The number of hydrogen-bond acceptors (Lipinski definition) is 1. The van der Waals surface area contributed by atoms with Crippen LogP contribution in [0.1, 0.15) is 26.2 Å². The fraction of sp³-hybridized carbons (Fsp3) is 0.786. The maximum Gasteiger partial charge on any atom is 0.0668 e. The lowest BCUT2D eigenvalue weighted by Crippen LogP contribution is -2.35. The van der Waals surface area contributed by atoms with E-state index in [-0.39, 0.29) is 0 Å². The van der Waals surface area contributed by atoms with Crippen molar-refractivity contribution in [2.24, 2.45) is 41.4 Å². The zero-order valence-corrected chi connectivity index (χ0v) is 9.19. The van der Waals surface area contributed by atoms with Gasteiger partial charge in [-0.1, -0.05) is 18.6 Å². The Morgan fingerprint density at radius 1 is 1.33 bits per heavy atom. The first-order valence-electron chi connectivity index (χ1n) is 6.42. The van der Waals surface area contributed by atoms with Crippen molar-refractivity contribution in [1.82, 2.24) is 0 Å². The average Bonchev–Trinajstić information content (AvgIpc) is 2.94. The van der Waals surface area contributed by atoms with Gasteiger partial charge >= 0.3 is 0 Å². The summed E-state index contributed by atoms with van der Waals surface area (Å²) in [7, 11) is 0.